The van der Waals surface area contributed by atoms with Crippen molar-refractivity contribution < 1.29 is 9.15 Å². The number of fused-ring (bicyclic) bond motifs is 1. The molecule has 0 amide bonds. The minimum atomic E-state index is 0.676. The number of aryl methyl sites for hydroxylation is 1. The van der Waals surface area contributed by atoms with Gasteiger partial charge in [-0.15, -0.1) is 11.3 Å². The van der Waals surface area contributed by atoms with Crippen LogP contribution in [0.1, 0.15) is 22.7 Å². The molecule has 0 aliphatic carbocycles. The molecule has 7 heteroatoms. The molecule has 4 heterocycles. The van der Waals surface area contributed by atoms with Gasteiger partial charge in [-0.1, -0.05) is 0 Å². The van der Waals surface area contributed by atoms with Crippen molar-refractivity contribution in [1.29, 1.82) is 0 Å². The Hall–Kier alpha value is -2.25. The number of thiazole rings is 1. The van der Waals surface area contributed by atoms with Crippen molar-refractivity contribution in [3.05, 3.63) is 46.6 Å². The van der Waals surface area contributed by atoms with E-state index < -0.39 is 0 Å². The Bertz CT molecular complexity index is 844. The van der Waals surface area contributed by atoms with Crippen molar-refractivity contribution in [2.45, 2.75) is 26.4 Å². The van der Waals surface area contributed by atoms with Gasteiger partial charge < -0.3 is 9.15 Å². The van der Waals surface area contributed by atoms with Gasteiger partial charge in [-0.05, 0) is 19.1 Å². The van der Waals surface area contributed by atoms with E-state index in [0.29, 0.717) is 5.88 Å². The fourth-order valence-corrected chi connectivity index (χ4v) is 3.72. The number of ether oxygens (including phenoxy) is 1. The summed E-state index contributed by atoms with van der Waals surface area (Å²) in [6.07, 6.45) is 2.48. The zero-order valence-electron chi connectivity index (χ0n) is 13.7. The third-order valence-electron chi connectivity index (χ3n) is 4.12. The molecule has 3 aromatic heterocycles. The molecule has 124 valence electrons. The molecule has 6 nitrogen and oxygen atoms in total. The highest BCUT2D eigenvalue weighted by molar-refractivity contribution is 7.13. The largest absolute Gasteiger partial charge is 0.481 e. The first-order valence-electron chi connectivity index (χ1n) is 7.83. The Morgan fingerprint density at radius 1 is 1.33 bits per heavy atom. The highest BCUT2D eigenvalue weighted by atomic mass is 32.1. The molecule has 0 spiro atoms. The highest BCUT2D eigenvalue weighted by Gasteiger charge is 2.22. The second kappa shape index (κ2) is 6.33. The normalized spacial score (nSPS) is 14.6. The lowest BCUT2D eigenvalue weighted by atomic mass is 10.1. The molecule has 0 fully saturated rings. The second-order valence-electron chi connectivity index (χ2n) is 5.82. The average Bonchev–Trinajstić information content (AvgIpc) is 3.23. The van der Waals surface area contributed by atoms with E-state index in [1.807, 2.05) is 19.1 Å². The molecule has 0 N–H and O–H groups in total. The van der Waals surface area contributed by atoms with Crippen molar-refractivity contribution >= 4 is 11.3 Å². The zero-order chi connectivity index (χ0) is 16.5. The first-order valence-corrected chi connectivity index (χ1v) is 8.71. The zero-order valence-corrected chi connectivity index (χ0v) is 14.5. The highest BCUT2D eigenvalue weighted by Crippen LogP contribution is 2.28. The number of hydrogen-bond donors (Lipinski definition) is 0. The molecule has 0 radical (unpaired) electrons. The van der Waals surface area contributed by atoms with Gasteiger partial charge in [0.25, 0.3) is 0 Å². The smallest absolute Gasteiger partial charge is 0.220 e. The van der Waals surface area contributed by atoms with Crippen LogP contribution < -0.4 is 4.74 Å². The van der Waals surface area contributed by atoms with Crippen LogP contribution in [0.15, 0.2) is 28.3 Å². The first kappa shape index (κ1) is 15.3. The van der Waals surface area contributed by atoms with E-state index in [1.165, 1.54) is 0 Å². The number of furan rings is 1. The number of methoxy groups -OCH3 is 1. The van der Waals surface area contributed by atoms with E-state index in [1.54, 1.807) is 24.8 Å². The number of rotatable bonds is 4. The summed E-state index contributed by atoms with van der Waals surface area (Å²) in [4.78, 5) is 15.6. The topological polar surface area (TPSA) is 64.3 Å². The number of nitrogens with zero attached hydrogens (tertiary/aromatic N) is 4. The molecule has 0 aromatic carbocycles. The van der Waals surface area contributed by atoms with E-state index in [4.69, 9.17) is 14.1 Å². The Kier molecular flexibility index (Phi) is 4.03. The third kappa shape index (κ3) is 2.92. The van der Waals surface area contributed by atoms with E-state index in [-0.39, 0.29) is 0 Å². The van der Waals surface area contributed by atoms with Crippen LogP contribution in [0.5, 0.6) is 5.88 Å². The van der Waals surface area contributed by atoms with Crippen LogP contribution in [0.3, 0.4) is 0 Å². The van der Waals surface area contributed by atoms with E-state index >= 15 is 0 Å². The molecule has 0 saturated carbocycles. The van der Waals surface area contributed by atoms with Gasteiger partial charge in [0.2, 0.25) is 5.88 Å². The molecule has 24 heavy (non-hydrogen) atoms. The first-order chi connectivity index (χ1) is 11.7. The van der Waals surface area contributed by atoms with E-state index in [2.05, 4.69) is 20.2 Å². The summed E-state index contributed by atoms with van der Waals surface area (Å²) < 4.78 is 11.0. The SMILES string of the molecule is COc1ncnc2c1CN(Cc1csc(-c3ccc(C)o3)n1)CC2. The van der Waals surface area contributed by atoms with Crippen LogP contribution >= 0.6 is 11.3 Å². The molecule has 3 aromatic rings. The van der Waals surface area contributed by atoms with Crippen molar-refractivity contribution in [3.8, 4) is 16.6 Å². The minimum absolute atomic E-state index is 0.676. The third-order valence-corrected chi connectivity index (χ3v) is 5.03. The van der Waals surface area contributed by atoms with Crippen LogP contribution in [0.2, 0.25) is 0 Å². The van der Waals surface area contributed by atoms with Gasteiger partial charge >= 0.3 is 0 Å². The monoisotopic (exact) mass is 342 g/mol. The van der Waals surface area contributed by atoms with Crippen LogP contribution in [-0.4, -0.2) is 33.5 Å². The number of aromatic nitrogens is 3. The Morgan fingerprint density at radius 2 is 2.25 bits per heavy atom. The Morgan fingerprint density at radius 3 is 3.04 bits per heavy atom. The lowest BCUT2D eigenvalue weighted by molar-refractivity contribution is 0.234. The second-order valence-corrected chi connectivity index (χ2v) is 6.68. The van der Waals surface area contributed by atoms with Gasteiger partial charge in [0.1, 0.15) is 12.1 Å². The van der Waals surface area contributed by atoms with Gasteiger partial charge in [-0.2, -0.15) is 0 Å². The predicted octanol–water partition coefficient (Wildman–Crippen LogP) is 3.07. The molecule has 4 rings (SSSR count). The van der Waals surface area contributed by atoms with Crippen LogP contribution in [0.4, 0.5) is 0 Å². The maximum atomic E-state index is 5.65. The summed E-state index contributed by atoms with van der Waals surface area (Å²) in [5.41, 5.74) is 3.23. The van der Waals surface area contributed by atoms with Crippen molar-refractivity contribution in [3.63, 3.8) is 0 Å². The van der Waals surface area contributed by atoms with Crippen molar-refractivity contribution in [2.75, 3.05) is 13.7 Å². The van der Waals surface area contributed by atoms with Crippen LogP contribution in [0.25, 0.3) is 10.8 Å². The number of hydrogen-bond acceptors (Lipinski definition) is 7. The molecular weight excluding hydrogens is 324 g/mol. The summed E-state index contributed by atoms with van der Waals surface area (Å²) in [5.74, 6) is 2.42. The van der Waals surface area contributed by atoms with Crippen LogP contribution in [-0.2, 0) is 19.5 Å². The van der Waals surface area contributed by atoms with E-state index in [0.717, 1.165) is 59.5 Å². The fraction of sp³-hybridized carbons (Fsp3) is 0.353. The van der Waals surface area contributed by atoms with Gasteiger partial charge in [0.05, 0.1) is 18.5 Å². The summed E-state index contributed by atoms with van der Waals surface area (Å²) in [6.45, 7) is 4.48. The Balaban J connectivity index is 1.50. The maximum Gasteiger partial charge on any atom is 0.220 e. The molecule has 0 bridgehead atoms. The quantitative estimate of drug-likeness (QED) is 0.726. The predicted molar refractivity (Wildman–Crippen MR) is 91.0 cm³/mol. The van der Waals surface area contributed by atoms with Gasteiger partial charge in [-0.3, -0.25) is 4.90 Å². The summed E-state index contributed by atoms with van der Waals surface area (Å²) in [7, 11) is 1.65. The maximum absolute atomic E-state index is 5.65. The standard InChI is InChI=1S/C17H18N4O2S/c1-11-3-4-15(23-11)17-20-12(9-24-17)7-21-6-5-14-13(8-21)16(22-2)19-10-18-14/h3-4,9-10H,5-8H2,1-2H3. The summed E-state index contributed by atoms with van der Waals surface area (Å²) >= 11 is 1.62. The molecule has 0 atom stereocenters. The lowest BCUT2D eigenvalue weighted by Crippen LogP contribution is -2.31. The molecule has 1 aliphatic heterocycles. The fourth-order valence-electron chi connectivity index (χ4n) is 2.95. The van der Waals surface area contributed by atoms with Crippen LogP contribution in [0, 0.1) is 6.92 Å². The van der Waals surface area contributed by atoms with Crippen molar-refractivity contribution in [1.82, 2.24) is 19.9 Å². The van der Waals surface area contributed by atoms with Gasteiger partial charge in [-0.25, -0.2) is 15.0 Å². The molecular formula is C17H18N4O2S. The average molecular weight is 342 g/mol. The molecule has 0 saturated heterocycles. The van der Waals surface area contributed by atoms with Gasteiger partial charge in [0.15, 0.2) is 10.8 Å². The Labute approximate surface area is 144 Å². The molecule has 0 unspecified atom stereocenters. The summed E-state index contributed by atoms with van der Waals surface area (Å²) in [6, 6.07) is 3.93. The van der Waals surface area contributed by atoms with Crippen molar-refractivity contribution in [2.24, 2.45) is 0 Å². The van der Waals surface area contributed by atoms with E-state index in [9.17, 15) is 0 Å². The van der Waals surface area contributed by atoms with Gasteiger partial charge in [0, 0.05) is 37.0 Å². The molecule has 1 aliphatic rings. The summed E-state index contributed by atoms with van der Waals surface area (Å²) in [5, 5.41) is 3.03. The lowest BCUT2D eigenvalue weighted by Gasteiger charge is -2.27. The minimum Gasteiger partial charge on any atom is -0.481 e.